The van der Waals surface area contributed by atoms with Crippen LogP contribution in [0.3, 0.4) is 0 Å². The molecule has 4 nitrogen and oxygen atoms in total. The Morgan fingerprint density at radius 3 is 1.96 bits per heavy atom. The molecule has 7 heteroatoms. The zero-order valence-corrected chi connectivity index (χ0v) is 24.1. The molecular weight excluding hydrogens is 573 g/mol. The third-order valence-corrected chi connectivity index (χ3v) is 7.84. The van der Waals surface area contributed by atoms with Gasteiger partial charge in [0.2, 0.25) is 5.69 Å². The van der Waals surface area contributed by atoms with Gasteiger partial charge in [-0.2, -0.15) is 13.2 Å². The summed E-state index contributed by atoms with van der Waals surface area (Å²) in [5.74, 6) is 1.38. The van der Waals surface area contributed by atoms with Crippen molar-refractivity contribution < 1.29 is 27.6 Å². The number of allylic oxidation sites excluding steroid dienone is 1. The normalized spacial score (nSPS) is 13.6. The highest BCUT2D eigenvalue weighted by Gasteiger charge is 2.31. The maximum atomic E-state index is 13.5. The van der Waals surface area contributed by atoms with Gasteiger partial charge < -0.3 is 14.5 Å². The Bertz CT molecular complexity index is 2030. The van der Waals surface area contributed by atoms with Crippen LogP contribution in [0.2, 0.25) is 0 Å². The number of hydrogen-bond donors (Lipinski definition) is 2. The number of aromatic amines is 1. The molecule has 0 saturated carbocycles. The molecule has 0 saturated heterocycles. The van der Waals surface area contributed by atoms with E-state index in [0.29, 0.717) is 30.3 Å². The second-order valence-electron chi connectivity index (χ2n) is 10.8. The largest absolute Gasteiger partial charge is 0.489 e. The number of alkyl halides is 3. The summed E-state index contributed by atoms with van der Waals surface area (Å²) in [6.07, 6.45) is -0.642. The summed E-state index contributed by atoms with van der Waals surface area (Å²) in [5, 5.41) is 0.890. The molecule has 0 atom stereocenters. The number of H-pyrrole nitrogens is 1. The Kier molecular flexibility index (Phi) is 7.43. The van der Waals surface area contributed by atoms with Gasteiger partial charge in [0.05, 0.1) is 16.7 Å². The minimum atomic E-state index is -4.43. The number of fused-ring (bicyclic) bond motifs is 2. The average Bonchev–Trinajstić information content (AvgIpc) is 3.68. The first-order valence-corrected chi connectivity index (χ1v) is 14.5. The molecule has 0 unspecified atom stereocenters. The molecule has 7 rings (SSSR count). The van der Waals surface area contributed by atoms with Gasteiger partial charge in [0.15, 0.2) is 6.21 Å². The van der Waals surface area contributed by atoms with E-state index >= 15 is 0 Å². The van der Waals surface area contributed by atoms with E-state index in [9.17, 15) is 13.2 Å². The Morgan fingerprint density at radius 1 is 0.689 bits per heavy atom. The lowest BCUT2D eigenvalue weighted by molar-refractivity contribution is -0.342. The molecule has 222 valence electrons. The maximum Gasteiger partial charge on any atom is 0.416 e. The van der Waals surface area contributed by atoms with Crippen molar-refractivity contribution in [2.75, 3.05) is 0 Å². The first kappa shape index (κ1) is 28.2. The third kappa shape index (κ3) is 5.97. The van der Waals surface area contributed by atoms with E-state index in [0.717, 1.165) is 62.1 Å². The van der Waals surface area contributed by atoms with Crippen LogP contribution in [0, 0.1) is 0 Å². The van der Waals surface area contributed by atoms with Crippen molar-refractivity contribution in [1.82, 2.24) is 4.98 Å². The molecule has 0 fully saturated rings. The maximum absolute atomic E-state index is 13.5. The molecular formula is C38H28F3N2O2+. The smallest absolute Gasteiger partial charge is 0.416 e. The number of benzene rings is 5. The van der Waals surface area contributed by atoms with Crippen LogP contribution in [-0.4, -0.2) is 11.2 Å². The molecule has 0 spiro atoms. The fraction of sp³-hybridized carbons (Fsp3) is 0.0789. The summed E-state index contributed by atoms with van der Waals surface area (Å²) in [4.78, 5) is 6.69. The van der Waals surface area contributed by atoms with E-state index in [1.165, 1.54) is 12.1 Å². The summed E-state index contributed by atoms with van der Waals surface area (Å²) in [6.45, 7) is 0.825. The van der Waals surface area contributed by atoms with Crippen LogP contribution < -0.4 is 14.5 Å². The van der Waals surface area contributed by atoms with Crippen molar-refractivity contribution in [1.29, 1.82) is 0 Å². The highest BCUT2D eigenvalue weighted by atomic mass is 19.4. The summed E-state index contributed by atoms with van der Waals surface area (Å²) in [5.41, 5.74) is 7.16. The summed E-state index contributed by atoms with van der Waals surface area (Å²) >= 11 is 0. The van der Waals surface area contributed by atoms with Crippen LogP contribution >= 0.6 is 0 Å². The number of nitrogens with one attached hydrogen (secondary N) is 2. The second-order valence-corrected chi connectivity index (χ2v) is 10.8. The van der Waals surface area contributed by atoms with E-state index in [-0.39, 0.29) is 0 Å². The topological polar surface area (TPSA) is 48.2 Å². The van der Waals surface area contributed by atoms with Crippen LogP contribution in [0.4, 0.5) is 18.9 Å². The molecule has 1 aliphatic rings. The summed E-state index contributed by atoms with van der Waals surface area (Å²) in [6, 6.07) is 36.8. The molecule has 0 amide bonds. The molecule has 0 aliphatic carbocycles. The Morgan fingerprint density at radius 2 is 1.31 bits per heavy atom. The minimum absolute atomic E-state index is 0.412. The highest BCUT2D eigenvalue weighted by Crippen LogP contribution is 2.40. The summed E-state index contributed by atoms with van der Waals surface area (Å²) < 4.78 is 52.8. The van der Waals surface area contributed by atoms with Crippen LogP contribution in [-0.2, 0) is 19.4 Å². The van der Waals surface area contributed by atoms with Crippen LogP contribution in [0.1, 0.15) is 33.4 Å². The number of halogens is 3. The summed E-state index contributed by atoms with van der Waals surface area (Å²) in [7, 11) is 0. The first-order valence-electron chi connectivity index (χ1n) is 14.5. The van der Waals surface area contributed by atoms with Gasteiger partial charge in [0.25, 0.3) is 0 Å². The Labute approximate surface area is 258 Å². The predicted octanol–water partition coefficient (Wildman–Crippen LogP) is 8.10. The molecule has 6 aromatic rings. The van der Waals surface area contributed by atoms with Crippen molar-refractivity contribution in [2.45, 2.75) is 19.4 Å². The fourth-order valence-electron chi connectivity index (χ4n) is 5.56. The van der Waals surface area contributed by atoms with Crippen molar-refractivity contribution in [3.63, 3.8) is 0 Å². The predicted molar refractivity (Wildman–Crippen MR) is 170 cm³/mol. The van der Waals surface area contributed by atoms with Gasteiger partial charge in [-0.3, -0.25) is 0 Å². The molecule has 1 aromatic heterocycles. The monoisotopic (exact) mass is 601 g/mol. The Hall–Kier alpha value is -5.56. The van der Waals surface area contributed by atoms with Gasteiger partial charge in [0, 0.05) is 34.3 Å². The molecule has 1 aliphatic heterocycles. The number of ether oxygens (including phenoxy) is 2. The van der Waals surface area contributed by atoms with Crippen molar-refractivity contribution in [2.24, 2.45) is 0 Å². The van der Waals surface area contributed by atoms with Crippen LogP contribution in [0.5, 0.6) is 11.5 Å². The first-order chi connectivity index (χ1) is 21.9. The zero-order chi connectivity index (χ0) is 30.8. The number of aromatic nitrogens is 1. The van der Waals surface area contributed by atoms with E-state index in [4.69, 9.17) is 9.47 Å². The lowest BCUT2D eigenvalue weighted by Gasteiger charge is -2.13. The molecule has 0 bridgehead atoms. The van der Waals surface area contributed by atoms with Gasteiger partial charge >= 0.3 is 6.18 Å². The van der Waals surface area contributed by atoms with Gasteiger partial charge in [-0.25, -0.2) is 4.99 Å². The van der Waals surface area contributed by atoms with Crippen molar-refractivity contribution in [3.8, 4) is 11.5 Å². The van der Waals surface area contributed by atoms with Crippen molar-refractivity contribution in [3.05, 3.63) is 161 Å². The third-order valence-electron chi connectivity index (χ3n) is 7.84. The average molecular weight is 602 g/mol. The van der Waals surface area contributed by atoms with Crippen LogP contribution in [0.25, 0.3) is 22.0 Å². The van der Waals surface area contributed by atoms with Crippen molar-refractivity contribution >= 4 is 34.0 Å². The van der Waals surface area contributed by atoms with Gasteiger partial charge in [0.1, 0.15) is 24.7 Å². The standard InChI is InChI=1S/C38H27F3N2O2/c39-38(40,41)28-13-11-27(12-14-28)37(33-21-42-35-17-15-29(19-31(33)35)44-23-25-7-3-1-4-8-25)34-22-43-36-18-16-30(20-32(34)36)45-24-26-9-5-2-6-10-26/h1-22,42H,23-24H2/p+1/b37-34+. The van der Waals surface area contributed by atoms with Gasteiger partial charge in [-0.1, -0.05) is 72.8 Å². The highest BCUT2D eigenvalue weighted by molar-refractivity contribution is 6.25. The number of hydrogen-bond acceptors (Lipinski definition) is 2. The van der Waals surface area contributed by atoms with Gasteiger partial charge in [-0.15, -0.1) is 0 Å². The fourth-order valence-corrected chi connectivity index (χ4v) is 5.56. The SMILES string of the molecule is FC(F)(F)c1ccc(/C(=C2/C=[NH+]c3ccc(OCc4ccccc4)cc32)c2c[nH]c3ccc(OCc4ccccc4)cc23)cc1. The van der Waals surface area contributed by atoms with E-state index in [1.807, 2.05) is 109 Å². The molecule has 0 radical (unpaired) electrons. The lowest BCUT2D eigenvalue weighted by atomic mass is 9.89. The molecule has 2 N–H and O–H groups in total. The lowest BCUT2D eigenvalue weighted by Crippen LogP contribution is -2.58. The molecule has 5 aromatic carbocycles. The molecule has 45 heavy (non-hydrogen) atoms. The van der Waals surface area contributed by atoms with Gasteiger partial charge in [-0.05, 0) is 59.2 Å². The number of rotatable bonds is 8. The Balaban J connectivity index is 1.32. The van der Waals surface area contributed by atoms with E-state index in [2.05, 4.69) is 9.98 Å². The second kappa shape index (κ2) is 11.8. The molecule has 2 heterocycles. The minimum Gasteiger partial charge on any atom is -0.489 e. The quantitative estimate of drug-likeness (QED) is 0.185. The van der Waals surface area contributed by atoms with E-state index in [1.54, 1.807) is 0 Å². The zero-order valence-electron chi connectivity index (χ0n) is 24.1. The van der Waals surface area contributed by atoms with E-state index < -0.39 is 11.7 Å². The van der Waals surface area contributed by atoms with Crippen LogP contribution in [0.15, 0.2) is 128 Å².